The van der Waals surface area contributed by atoms with Gasteiger partial charge in [0.1, 0.15) is 6.10 Å². The Morgan fingerprint density at radius 2 is 1.45 bits per heavy atom. The Balaban J connectivity index is 2.57. The van der Waals surface area contributed by atoms with Crippen LogP contribution in [0.2, 0.25) is 0 Å². The van der Waals surface area contributed by atoms with Gasteiger partial charge in [-0.2, -0.15) is 0 Å². The van der Waals surface area contributed by atoms with Crippen molar-refractivity contribution in [3.05, 3.63) is 49.1 Å². The van der Waals surface area contributed by atoms with Crippen LogP contribution in [-0.2, 0) is 9.53 Å². The highest BCUT2D eigenvalue weighted by molar-refractivity contribution is 5.73. The highest BCUT2D eigenvalue weighted by Crippen LogP contribution is 2.29. The Morgan fingerprint density at radius 1 is 0.868 bits per heavy atom. The van der Waals surface area contributed by atoms with Gasteiger partial charge in [0.15, 0.2) is 0 Å². The van der Waals surface area contributed by atoms with E-state index in [2.05, 4.69) is 6.58 Å². The molecule has 0 aromatic carbocycles. The minimum Gasteiger partial charge on any atom is -0.462 e. The number of hydrogen-bond acceptors (Lipinski definition) is 7. The lowest BCUT2D eigenvalue weighted by Crippen LogP contribution is -2.47. The largest absolute Gasteiger partial charge is 0.462 e. The maximum atomic E-state index is 11.9. The molecule has 0 spiro atoms. The van der Waals surface area contributed by atoms with Crippen molar-refractivity contribution in [2.45, 2.75) is 97.9 Å². The number of ether oxygens (including phenoxy) is 1. The smallest absolute Gasteiger partial charge is 0.311 e. The van der Waals surface area contributed by atoms with Gasteiger partial charge in [-0.25, -0.2) is 0 Å². The molecule has 7 nitrogen and oxygen atoms in total. The summed E-state index contributed by atoms with van der Waals surface area (Å²) < 4.78 is 5.39. The van der Waals surface area contributed by atoms with E-state index in [9.17, 15) is 30.3 Å². The number of aliphatic hydroxyl groups excluding tert-OH is 5. The Labute approximate surface area is 229 Å². The fourth-order valence-corrected chi connectivity index (χ4v) is 4.98. The quantitative estimate of drug-likeness (QED) is 0.122. The maximum Gasteiger partial charge on any atom is 0.311 e. The third kappa shape index (κ3) is 10.1. The molecule has 0 unspecified atom stereocenters. The summed E-state index contributed by atoms with van der Waals surface area (Å²) >= 11 is 0. The number of carbonyl (C=O) groups excluding carboxylic acids is 1. The Kier molecular flexibility index (Phi) is 14.7. The van der Waals surface area contributed by atoms with Crippen molar-refractivity contribution < 1.29 is 35.1 Å². The Morgan fingerprint density at radius 3 is 2.05 bits per heavy atom. The molecule has 1 saturated heterocycles. The molecule has 1 rings (SSSR count). The lowest BCUT2D eigenvalue weighted by atomic mass is 9.82. The molecule has 218 valence electrons. The van der Waals surface area contributed by atoms with E-state index in [1.165, 1.54) is 0 Å². The summed E-state index contributed by atoms with van der Waals surface area (Å²) in [6.45, 7) is 16.6. The zero-order valence-electron chi connectivity index (χ0n) is 24.2. The standard InChI is InChI=1S/C31H52O7/c1-9-10-12-19(3)28(34)23(7)29(35)20(4)14-11-13-18(2)27(33)21(5)15-16-25(32)17-26-22(6)30(36)24(8)31(37)38-26/h9-13,15-16,18-30,32-36H,1,14,17H2,2-8H3/b12-10-,13-11-,16-15-/t18-,19-,20-,21-,22-,23+,24+,25+,26-,27+,28-,29+,30-/m0/s1. The molecule has 5 N–H and O–H groups in total. The van der Waals surface area contributed by atoms with Crippen LogP contribution in [-0.4, -0.2) is 68.1 Å². The molecule has 38 heavy (non-hydrogen) atoms. The normalized spacial score (nSPS) is 29.9. The first-order valence-corrected chi connectivity index (χ1v) is 14.0. The second-order valence-corrected chi connectivity index (χ2v) is 11.5. The summed E-state index contributed by atoms with van der Waals surface area (Å²) in [4.78, 5) is 11.9. The molecule has 0 saturated carbocycles. The number of esters is 1. The van der Waals surface area contributed by atoms with E-state index in [0.29, 0.717) is 6.42 Å². The summed E-state index contributed by atoms with van der Waals surface area (Å²) in [5, 5.41) is 52.7. The molecule has 1 aliphatic heterocycles. The van der Waals surface area contributed by atoms with Gasteiger partial charge in [-0.05, 0) is 19.3 Å². The summed E-state index contributed by atoms with van der Waals surface area (Å²) in [7, 11) is 0. The van der Waals surface area contributed by atoms with Gasteiger partial charge >= 0.3 is 5.97 Å². The summed E-state index contributed by atoms with van der Waals surface area (Å²) in [5.74, 6) is -2.15. The molecule has 0 radical (unpaired) electrons. The van der Waals surface area contributed by atoms with Crippen molar-refractivity contribution in [2.75, 3.05) is 0 Å². The molecule has 0 aromatic heterocycles. The van der Waals surface area contributed by atoms with Crippen molar-refractivity contribution in [1.29, 1.82) is 0 Å². The molecule has 1 fully saturated rings. The van der Waals surface area contributed by atoms with Crippen molar-refractivity contribution in [1.82, 2.24) is 0 Å². The predicted octanol–water partition coefficient (Wildman–Crippen LogP) is 3.80. The van der Waals surface area contributed by atoms with Crippen LogP contribution >= 0.6 is 0 Å². The minimum atomic E-state index is -0.869. The fourth-order valence-electron chi connectivity index (χ4n) is 4.98. The third-order valence-electron chi connectivity index (χ3n) is 8.16. The van der Waals surface area contributed by atoms with Crippen LogP contribution in [0.3, 0.4) is 0 Å². The predicted molar refractivity (Wildman–Crippen MR) is 151 cm³/mol. The van der Waals surface area contributed by atoms with Crippen LogP contribution in [0.25, 0.3) is 0 Å². The molecule has 13 atom stereocenters. The van der Waals surface area contributed by atoms with E-state index in [-0.39, 0.29) is 41.9 Å². The van der Waals surface area contributed by atoms with Gasteiger partial charge in [0.05, 0.1) is 36.4 Å². The zero-order valence-corrected chi connectivity index (χ0v) is 24.2. The van der Waals surface area contributed by atoms with E-state index < -0.39 is 48.5 Å². The summed E-state index contributed by atoms with van der Waals surface area (Å²) in [6.07, 6.45) is 9.11. The van der Waals surface area contributed by atoms with Crippen molar-refractivity contribution in [2.24, 2.45) is 41.4 Å². The van der Waals surface area contributed by atoms with Gasteiger partial charge in [0, 0.05) is 36.0 Å². The number of rotatable bonds is 15. The maximum absolute atomic E-state index is 11.9. The highest BCUT2D eigenvalue weighted by atomic mass is 16.5. The average Bonchev–Trinajstić information content (AvgIpc) is 2.89. The van der Waals surface area contributed by atoms with Crippen LogP contribution < -0.4 is 0 Å². The molecular formula is C31H52O7. The first-order valence-electron chi connectivity index (χ1n) is 14.0. The second kappa shape index (κ2) is 16.4. The fraction of sp³-hybridized carbons (Fsp3) is 0.710. The molecule has 0 bridgehead atoms. The van der Waals surface area contributed by atoms with Crippen LogP contribution in [0, 0.1) is 41.4 Å². The van der Waals surface area contributed by atoms with Gasteiger partial charge in [0.2, 0.25) is 0 Å². The monoisotopic (exact) mass is 536 g/mol. The van der Waals surface area contributed by atoms with Crippen molar-refractivity contribution in [3.8, 4) is 0 Å². The van der Waals surface area contributed by atoms with E-state index in [1.807, 2.05) is 52.8 Å². The molecule has 1 heterocycles. The van der Waals surface area contributed by atoms with Crippen molar-refractivity contribution in [3.63, 3.8) is 0 Å². The lowest BCUT2D eigenvalue weighted by molar-refractivity contribution is -0.179. The van der Waals surface area contributed by atoms with E-state index in [1.54, 1.807) is 38.2 Å². The zero-order chi connectivity index (χ0) is 29.2. The van der Waals surface area contributed by atoms with Crippen molar-refractivity contribution >= 4 is 5.97 Å². The number of cyclic esters (lactones) is 1. The number of hydrogen-bond donors (Lipinski definition) is 5. The molecule has 7 heteroatoms. The topological polar surface area (TPSA) is 127 Å². The Hall–Kier alpha value is -1.77. The van der Waals surface area contributed by atoms with Gasteiger partial charge in [-0.15, -0.1) is 0 Å². The molecular weight excluding hydrogens is 484 g/mol. The SMILES string of the molecule is C=C/C=C\[C@H](C)[C@H](O)[C@@H](C)[C@H](O)[C@@H](C)C/C=C\[C@H](C)[C@@H](O)[C@@H](C)/C=C\[C@@H](O)C[C@@H]1OC(=O)[C@H](C)[C@@H](O)[C@H]1C. The molecule has 1 aliphatic rings. The number of carbonyl (C=O) groups is 1. The van der Waals surface area contributed by atoms with E-state index >= 15 is 0 Å². The highest BCUT2D eigenvalue weighted by Gasteiger charge is 2.40. The van der Waals surface area contributed by atoms with Gasteiger partial charge < -0.3 is 30.3 Å². The minimum absolute atomic E-state index is 0.0684. The number of aliphatic hydroxyl groups is 5. The average molecular weight is 537 g/mol. The van der Waals surface area contributed by atoms with Crippen LogP contribution in [0.5, 0.6) is 0 Å². The van der Waals surface area contributed by atoms with Gasteiger partial charge in [0.25, 0.3) is 0 Å². The van der Waals surface area contributed by atoms with Gasteiger partial charge in [-0.1, -0.05) is 90.7 Å². The van der Waals surface area contributed by atoms with E-state index in [0.717, 1.165) is 0 Å². The second-order valence-electron chi connectivity index (χ2n) is 11.5. The Bertz CT molecular complexity index is 806. The molecule has 0 aliphatic carbocycles. The lowest BCUT2D eigenvalue weighted by Gasteiger charge is -2.36. The summed E-state index contributed by atoms with van der Waals surface area (Å²) in [6, 6.07) is 0. The molecule has 0 aromatic rings. The van der Waals surface area contributed by atoms with Crippen LogP contribution in [0.15, 0.2) is 49.1 Å². The van der Waals surface area contributed by atoms with Gasteiger partial charge in [-0.3, -0.25) is 4.79 Å². The van der Waals surface area contributed by atoms with E-state index in [4.69, 9.17) is 4.74 Å². The van der Waals surface area contributed by atoms with Crippen LogP contribution in [0.1, 0.15) is 61.3 Å². The first-order chi connectivity index (χ1) is 17.7. The van der Waals surface area contributed by atoms with Crippen LogP contribution in [0.4, 0.5) is 0 Å². The third-order valence-corrected chi connectivity index (χ3v) is 8.16. The molecule has 0 amide bonds. The first kappa shape index (κ1) is 34.3. The number of allylic oxidation sites excluding steroid dienone is 3. The summed E-state index contributed by atoms with van der Waals surface area (Å²) in [5.41, 5.74) is 0.